The van der Waals surface area contributed by atoms with E-state index in [1.54, 1.807) is 11.0 Å². The maximum absolute atomic E-state index is 12.3. The summed E-state index contributed by atoms with van der Waals surface area (Å²) in [5.41, 5.74) is 3.27. The highest BCUT2D eigenvalue weighted by Gasteiger charge is 2.28. The Bertz CT molecular complexity index is 834. The fourth-order valence-electron chi connectivity index (χ4n) is 2.90. The molecular weight excluding hydrogens is 316 g/mol. The summed E-state index contributed by atoms with van der Waals surface area (Å²) in [5, 5.41) is 7.04. The number of nitrogens with one attached hydrogen (secondary N) is 1. The number of ether oxygens (including phenoxy) is 1. The Hall–Kier alpha value is -3.15. The predicted octanol–water partition coefficient (Wildman–Crippen LogP) is 1.95. The topological polar surface area (TPSA) is 69.0 Å². The van der Waals surface area contributed by atoms with Crippen LogP contribution >= 0.6 is 0 Å². The molecular formula is C19H18N4O2. The number of nitrogens with zero attached hydrogens (tertiary/aromatic N) is 3. The Morgan fingerprint density at radius 2 is 1.96 bits per heavy atom. The summed E-state index contributed by atoms with van der Waals surface area (Å²) in [5.74, 6) is 0.725. The highest BCUT2D eigenvalue weighted by molar-refractivity contribution is 5.82. The normalized spacial score (nSPS) is 15.4. The van der Waals surface area contributed by atoms with Crippen LogP contribution in [-0.2, 0) is 24.3 Å². The molecule has 0 fully saturated rings. The molecule has 0 radical (unpaired) electrons. The lowest BCUT2D eigenvalue weighted by Crippen LogP contribution is -2.37. The Balaban J connectivity index is 1.30. The van der Waals surface area contributed by atoms with Crippen LogP contribution in [0.2, 0.25) is 0 Å². The third kappa shape index (κ3) is 3.52. The summed E-state index contributed by atoms with van der Waals surface area (Å²) in [6, 6.07) is 15.9. The number of benzene rings is 2. The zero-order chi connectivity index (χ0) is 17.1. The van der Waals surface area contributed by atoms with Crippen molar-refractivity contribution in [1.29, 1.82) is 0 Å². The van der Waals surface area contributed by atoms with Gasteiger partial charge in [-0.2, -0.15) is 5.10 Å². The zero-order valence-electron chi connectivity index (χ0n) is 13.6. The SMILES string of the molecule is O=C(NCc1ccc(Cn2cncn2)cc1)[C@H]1Cc2ccccc2O1. The van der Waals surface area contributed by atoms with E-state index in [9.17, 15) is 4.79 Å². The van der Waals surface area contributed by atoms with E-state index in [4.69, 9.17) is 4.74 Å². The van der Waals surface area contributed by atoms with E-state index in [0.29, 0.717) is 19.5 Å². The van der Waals surface area contributed by atoms with Crippen molar-refractivity contribution in [2.75, 3.05) is 0 Å². The molecule has 3 aromatic rings. The van der Waals surface area contributed by atoms with Gasteiger partial charge in [-0.15, -0.1) is 0 Å². The fourth-order valence-corrected chi connectivity index (χ4v) is 2.90. The summed E-state index contributed by atoms with van der Waals surface area (Å²) in [6.07, 6.45) is 3.39. The van der Waals surface area contributed by atoms with Crippen LogP contribution in [0.5, 0.6) is 5.75 Å². The summed E-state index contributed by atoms with van der Waals surface area (Å²) in [7, 11) is 0. The van der Waals surface area contributed by atoms with E-state index in [1.807, 2.05) is 48.5 Å². The van der Waals surface area contributed by atoms with Gasteiger partial charge in [0.05, 0.1) is 6.54 Å². The smallest absolute Gasteiger partial charge is 0.261 e. The van der Waals surface area contributed by atoms with Gasteiger partial charge in [-0.25, -0.2) is 9.67 Å². The van der Waals surface area contributed by atoms with Crippen LogP contribution in [0.4, 0.5) is 0 Å². The molecule has 6 nitrogen and oxygen atoms in total. The number of para-hydroxylation sites is 1. The minimum Gasteiger partial charge on any atom is -0.480 e. The van der Waals surface area contributed by atoms with Gasteiger partial charge in [0.25, 0.3) is 5.91 Å². The quantitative estimate of drug-likeness (QED) is 0.774. The molecule has 2 aromatic carbocycles. The summed E-state index contributed by atoms with van der Waals surface area (Å²) in [4.78, 5) is 16.2. The molecule has 126 valence electrons. The highest BCUT2D eigenvalue weighted by atomic mass is 16.5. The first-order valence-corrected chi connectivity index (χ1v) is 8.20. The van der Waals surface area contributed by atoms with Gasteiger partial charge >= 0.3 is 0 Å². The first-order chi connectivity index (χ1) is 12.3. The van der Waals surface area contributed by atoms with E-state index in [0.717, 1.165) is 22.4 Å². The van der Waals surface area contributed by atoms with Gasteiger partial charge in [0.2, 0.25) is 0 Å². The molecule has 1 aromatic heterocycles. The van der Waals surface area contributed by atoms with Gasteiger partial charge in [0.15, 0.2) is 6.10 Å². The number of carbonyl (C=O) groups is 1. The van der Waals surface area contributed by atoms with Crippen LogP contribution in [0.15, 0.2) is 61.2 Å². The average molecular weight is 334 g/mol. The Kier molecular flexibility index (Phi) is 4.16. The minimum absolute atomic E-state index is 0.0807. The molecule has 0 bridgehead atoms. The molecule has 0 saturated heterocycles. The first-order valence-electron chi connectivity index (χ1n) is 8.20. The maximum Gasteiger partial charge on any atom is 0.261 e. The number of carbonyl (C=O) groups excluding carboxylic acids is 1. The summed E-state index contributed by atoms with van der Waals surface area (Å²) >= 11 is 0. The molecule has 6 heteroatoms. The van der Waals surface area contributed by atoms with Crippen molar-refractivity contribution in [3.63, 3.8) is 0 Å². The standard InChI is InChI=1S/C19H18N4O2/c24-19(18-9-16-3-1-2-4-17(16)25-18)21-10-14-5-7-15(8-6-14)11-23-13-20-12-22-23/h1-8,12-13,18H,9-11H2,(H,21,24)/t18-/m1/s1. The molecule has 1 atom stereocenters. The lowest BCUT2D eigenvalue weighted by molar-refractivity contribution is -0.127. The fraction of sp³-hybridized carbons (Fsp3) is 0.211. The van der Waals surface area contributed by atoms with E-state index in [-0.39, 0.29) is 5.91 Å². The number of aromatic nitrogens is 3. The zero-order valence-corrected chi connectivity index (χ0v) is 13.6. The van der Waals surface area contributed by atoms with Crippen LogP contribution in [0.1, 0.15) is 16.7 Å². The number of hydrogen-bond donors (Lipinski definition) is 1. The predicted molar refractivity (Wildman–Crippen MR) is 92.0 cm³/mol. The average Bonchev–Trinajstić information content (AvgIpc) is 3.30. The van der Waals surface area contributed by atoms with E-state index in [2.05, 4.69) is 15.4 Å². The number of rotatable bonds is 5. The number of hydrogen-bond acceptors (Lipinski definition) is 4. The lowest BCUT2D eigenvalue weighted by Gasteiger charge is -2.11. The molecule has 1 N–H and O–H groups in total. The monoisotopic (exact) mass is 334 g/mol. The van der Waals surface area contributed by atoms with Crippen molar-refractivity contribution >= 4 is 5.91 Å². The molecule has 1 aliphatic heterocycles. The van der Waals surface area contributed by atoms with E-state index < -0.39 is 6.10 Å². The van der Waals surface area contributed by atoms with Crippen LogP contribution < -0.4 is 10.1 Å². The van der Waals surface area contributed by atoms with Gasteiger partial charge < -0.3 is 10.1 Å². The lowest BCUT2D eigenvalue weighted by atomic mass is 10.1. The van der Waals surface area contributed by atoms with Crippen LogP contribution in [-0.4, -0.2) is 26.8 Å². The first kappa shape index (κ1) is 15.4. The molecule has 0 unspecified atom stereocenters. The van der Waals surface area contributed by atoms with Crippen molar-refractivity contribution in [3.05, 3.63) is 77.9 Å². The van der Waals surface area contributed by atoms with Gasteiger partial charge in [-0.05, 0) is 22.8 Å². The van der Waals surface area contributed by atoms with Crippen molar-refractivity contribution in [1.82, 2.24) is 20.1 Å². The largest absolute Gasteiger partial charge is 0.480 e. The maximum atomic E-state index is 12.3. The third-order valence-electron chi connectivity index (χ3n) is 4.24. The Labute approximate surface area is 145 Å². The molecule has 1 aliphatic rings. The number of fused-ring (bicyclic) bond motifs is 1. The molecule has 0 saturated carbocycles. The van der Waals surface area contributed by atoms with Crippen molar-refractivity contribution in [2.24, 2.45) is 0 Å². The van der Waals surface area contributed by atoms with Crippen molar-refractivity contribution < 1.29 is 9.53 Å². The molecule has 4 rings (SSSR count). The number of amides is 1. The van der Waals surface area contributed by atoms with Crippen LogP contribution in [0.25, 0.3) is 0 Å². The molecule has 0 aliphatic carbocycles. The highest BCUT2D eigenvalue weighted by Crippen LogP contribution is 2.28. The van der Waals surface area contributed by atoms with E-state index >= 15 is 0 Å². The van der Waals surface area contributed by atoms with Gasteiger partial charge in [-0.3, -0.25) is 4.79 Å². The molecule has 0 spiro atoms. The molecule has 1 amide bonds. The molecule has 25 heavy (non-hydrogen) atoms. The third-order valence-corrected chi connectivity index (χ3v) is 4.24. The summed E-state index contributed by atoms with van der Waals surface area (Å²) < 4.78 is 7.48. The minimum atomic E-state index is -0.441. The Morgan fingerprint density at radius 1 is 1.16 bits per heavy atom. The second-order valence-electron chi connectivity index (χ2n) is 6.05. The summed E-state index contributed by atoms with van der Waals surface area (Å²) in [6.45, 7) is 1.17. The Morgan fingerprint density at radius 3 is 2.72 bits per heavy atom. The van der Waals surface area contributed by atoms with Gasteiger partial charge in [0.1, 0.15) is 18.4 Å². The van der Waals surface area contributed by atoms with Crippen LogP contribution in [0, 0.1) is 0 Å². The van der Waals surface area contributed by atoms with Gasteiger partial charge in [0, 0.05) is 13.0 Å². The second kappa shape index (κ2) is 6.76. The van der Waals surface area contributed by atoms with Crippen molar-refractivity contribution in [2.45, 2.75) is 25.6 Å². The second-order valence-corrected chi connectivity index (χ2v) is 6.05. The van der Waals surface area contributed by atoms with Crippen molar-refractivity contribution in [3.8, 4) is 5.75 Å². The van der Waals surface area contributed by atoms with Gasteiger partial charge in [-0.1, -0.05) is 42.5 Å². The van der Waals surface area contributed by atoms with E-state index in [1.165, 1.54) is 6.33 Å². The molecule has 2 heterocycles. The van der Waals surface area contributed by atoms with Crippen LogP contribution in [0.3, 0.4) is 0 Å².